The van der Waals surface area contributed by atoms with E-state index in [0.717, 1.165) is 24.8 Å². The summed E-state index contributed by atoms with van der Waals surface area (Å²) in [6, 6.07) is 9.96. The summed E-state index contributed by atoms with van der Waals surface area (Å²) < 4.78 is 25.1. The SMILES string of the molecule is C=CC[C@@]1(OCc2ccccc2)[C@@H](C(=O)[C@@H]2CCC(C)=C(C)C2)O[C@@H]2OC(C)(C)O[C@@H]21. The highest BCUT2D eigenvalue weighted by Crippen LogP contribution is 2.49. The van der Waals surface area contributed by atoms with E-state index in [9.17, 15) is 4.79 Å². The van der Waals surface area contributed by atoms with Crippen LogP contribution in [0, 0.1) is 5.92 Å². The second kappa shape index (κ2) is 8.62. The zero-order valence-electron chi connectivity index (χ0n) is 19.1. The van der Waals surface area contributed by atoms with Crippen molar-refractivity contribution >= 4 is 5.78 Å². The zero-order chi connectivity index (χ0) is 22.2. The summed E-state index contributed by atoms with van der Waals surface area (Å²) >= 11 is 0. The molecule has 0 saturated carbocycles. The van der Waals surface area contributed by atoms with Gasteiger partial charge in [-0.1, -0.05) is 47.6 Å². The van der Waals surface area contributed by atoms with E-state index in [1.807, 2.05) is 44.2 Å². The van der Waals surface area contributed by atoms with Crippen LogP contribution in [0.3, 0.4) is 0 Å². The maximum absolute atomic E-state index is 13.8. The Kier molecular flexibility index (Phi) is 6.23. The highest BCUT2D eigenvalue weighted by molar-refractivity contribution is 5.87. The van der Waals surface area contributed by atoms with Gasteiger partial charge in [0.2, 0.25) is 0 Å². The minimum absolute atomic E-state index is 0.0787. The number of benzene rings is 1. The molecule has 0 N–H and O–H groups in total. The van der Waals surface area contributed by atoms with Crippen LogP contribution in [-0.2, 0) is 30.3 Å². The van der Waals surface area contributed by atoms with Crippen LogP contribution in [0.2, 0.25) is 0 Å². The number of carbonyl (C=O) groups is 1. The third-order valence-electron chi connectivity index (χ3n) is 6.88. The van der Waals surface area contributed by atoms with Crippen molar-refractivity contribution in [1.29, 1.82) is 0 Å². The Hall–Kier alpha value is -1.79. The van der Waals surface area contributed by atoms with Gasteiger partial charge in [0.15, 0.2) is 24.0 Å². The molecule has 0 unspecified atom stereocenters. The van der Waals surface area contributed by atoms with Gasteiger partial charge in [-0.2, -0.15) is 0 Å². The van der Waals surface area contributed by atoms with Crippen LogP contribution in [0.5, 0.6) is 0 Å². The van der Waals surface area contributed by atoms with Crippen LogP contribution in [0.1, 0.15) is 58.9 Å². The lowest BCUT2D eigenvalue weighted by atomic mass is 9.77. The number of hydrogen-bond donors (Lipinski definition) is 0. The highest BCUT2D eigenvalue weighted by Gasteiger charge is 2.66. The van der Waals surface area contributed by atoms with Crippen LogP contribution in [0.25, 0.3) is 0 Å². The molecule has 3 aliphatic rings. The zero-order valence-corrected chi connectivity index (χ0v) is 19.1. The summed E-state index contributed by atoms with van der Waals surface area (Å²) in [5.41, 5.74) is 2.75. The highest BCUT2D eigenvalue weighted by atomic mass is 16.8. The average molecular weight is 427 g/mol. The molecule has 1 aromatic carbocycles. The molecule has 2 fully saturated rings. The molecule has 168 valence electrons. The first-order chi connectivity index (χ1) is 14.8. The van der Waals surface area contributed by atoms with Crippen molar-refractivity contribution < 1.29 is 23.7 Å². The van der Waals surface area contributed by atoms with Crippen LogP contribution in [0.4, 0.5) is 0 Å². The van der Waals surface area contributed by atoms with Gasteiger partial charge in [0.25, 0.3) is 0 Å². The molecule has 0 radical (unpaired) electrons. The molecular weight excluding hydrogens is 392 g/mol. The molecule has 2 heterocycles. The van der Waals surface area contributed by atoms with Crippen molar-refractivity contribution in [2.75, 3.05) is 0 Å². The summed E-state index contributed by atoms with van der Waals surface area (Å²) in [6.45, 7) is 12.3. The Bertz CT molecular complexity index is 858. The van der Waals surface area contributed by atoms with E-state index in [-0.39, 0.29) is 11.7 Å². The molecule has 5 heteroatoms. The van der Waals surface area contributed by atoms with Gasteiger partial charge in [-0.3, -0.25) is 4.79 Å². The monoisotopic (exact) mass is 426 g/mol. The fraction of sp³-hybridized carbons (Fsp3) is 0.577. The van der Waals surface area contributed by atoms with Gasteiger partial charge in [0.05, 0.1) is 6.61 Å². The Labute approximate surface area is 185 Å². The summed E-state index contributed by atoms with van der Waals surface area (Å²) in [7, 11) is 0. The predicted molar refractivity (Wildman–Crippen MR) is 118 cm³/mol. The smallest absolute Gasteiger partial charge is 0.191 e. The number of fused-ring (bicyclic) bond motifs is 1. The lowest BCUT2D eigenvalue weighted by Crippen LogP contribution is -2.55. The molecule has 0 bridgehead atoms. The van der Waals surface area contributed by atoms with Crippen molar-refractivity contribution in [1.82, 2.24) is 0 Å². The number of ketones is 1. The first-order valence-corrected chi connectivity index (χ1v) is 11.2. The molecular formula is C26H34O5. The number of allylic oxidation sites excluding steroid dienone is 2. The van der Waals surface area contributed by atoms with Crippen molar-refractivity contribution in [2.24, 2.45) is 5.92 Å². The molecule has 2 saturated heterocycles. The summed E-state index contributed by atoms with van der Waals surface area (Å²) in [6.07, 6.45) is 2.90. The molecule has 1 aliphatic carbocycles. The van der Waals surface area contributed by atoms with Gasteiger partial charge >= 0.3 is 0 Å². The van der Waals surface area contributed by atoms with E-state index < -0.39 is 29.9 Å². The van der Waals surface area contributed by atoms with Crippen LogP contribution >= 0.6 is 0 Å². The number of rotatable bonds is 7. The van der Waals surface area contributed by atoms with Crippen LogP contribution in [0.15, 0.2) is 54.1 Å². The number of ether oxygens (including phenoxy) is 4. The Morgan fingerprint density at radius 3 is 2.61 bits per heavy atom. The van der Waals surface area contributed by atoms with E-state index in [2.05, 4.69) is 20.4 Å². The molecule has 1 aromatic rings. The van der Waals surface area contributed by atoms with E-state index in [1.54, 1.807) is 6.08 Å². The van der Waals surface area contributed by atoms with E-state index in [4.69, 9.17) is 18.9 Å². The fourth-order valence-corrected chi connectivity index (χ4v) is 5.03. The van der Waals surface area contributed by atoms with Crippen molar-refractivity contribution in [3.05, 3.63) is 59.7 Å². The van der Waals surface area contributed by atoms with Crippen molar-refractivity contribution in [3.8, 4) is 0 Å². The minimum atomic E-state index is -0.975. The lowest BCUT2D eigenvalue weighted by Gasteiger charge is -2.38. The first kappa shape index (κ1) is 22.4. The summed E-state index contributed by atoms with van der Waals surface area (Å²) in [5.74, 6) is -0.793. The number of carbonyl (C=O) groups excluding carboxylic acids is 1. The van der Waals surface area contributed by atoms with Gasteiger partial charge in [-0.25, -0.2) is 0 Å². The van der Waals surface area contributed by atoms with E-state index >= 15 is 0 Å². The molecule has 0 aromatic heterocycles. The molecule has 31 heavy (non-hydrogen) atoms. The predicted octanol–water partition coefficient (Wildman–Crippen LogP) is 5.10. The van der Waals surface area contributed by atoms with Gasteiger partial charge in [0, 0.05) is 5.92 Å². The third kappa shape index (κ3) is 4.29. The molecule has 5 nitrogen and oxygen atoms in total. The molecule has 4 rings (SSSR count). The Balaban J connectivity index is 1.65. The number of hydrogen-bond acceptors (Lipinski definition) is 5. The average Bonchev–Trinajstić information content (AvgIpc) is 3.20. The topological polar surface area (TPSA) is 54.0 Å². The summed E-state index contributed by atoms with van der Waals surface area (Å²) in [5, 5.41) is 0. The number of Topliss-reactive ketones (excluding diaryl/α,β-unsaturated/α-hetero) is 1. The largest absolute Gasteiger partial charge is 0.364 e. The Morgan fingerprint density at radius 2 is 1.94 bits per heavy atom. The summed E-state index contributed by atoms with van der Waals surface area (Å²) in [4.78, 5) is 13.8. The van der Waals surface area contributed by atoms with Gasteiger partial charge in [0.1, 0.15) is 11.7 Å². The van der Waals surface area contributed by atoms with Crippen molar-refractivity contribution in [2.45, 2.75) is 89.9 Å². The van der Waals surface area contributed by atoms with Crippen LogP contribution < -0.4 is 0 Å². The maximum atomic E-state index is 13.8. The second-order valence-electron chi connectivity index (χ2n) is 9.57. The van der Waals surface area contributed by atoms with Gasteiger partial charge in [-0.05, 0) is 58.9 Å². The quantitative estimate of drug-likeness (QED) is 0.568. The third-order valence-corrected chi connectivity index (χ3v) is 6.88. The normalized spacial score (nSPS) is 34.6. The maximum Gasteiger partial charge on any atom is 0.191 e. The van der Waals surface area contributed by atoms with Gasteiger partial charge < -0.3 is 18.9 Å². The first-order valence-electron chi connectivity index (χ1n) is 11.2. The van der Waals surface area contributed by atoms with E-state index in [1.165, 1.54) is 11.1 Å². The standard InChI is InChI=1S/C26H34O5/c1-6-14-26(28-16-19-10-8-7-9-11-19)22(29-24-23(26)30-25(4,5)31-24)21(27)20-13-12-17(2)18(3)15-20/h6-11,20,22-24H,1,12-16H2,2-5H3/t20-,22-,23+,24-,26-/m1/s1. The fourth-order valence-electron chi connectivity index (χ4n) is 5.03. The molecule has 2 aliphatic heterocycles. The van der Waals surface area contributed by atoms with E-state index in [0.29, 0.717) is 13.0 Å². The molecule has 5 atom stereocenters. The second-order valence-corrected chi connectivity index (χ2v) is 9.57. The lowest BCUT2D eigenvalue weighted by molar-refractivity contribution is -0.237. The molecule has 0 spiro atoms. The molecule has 0 amide bonds. The minimum Gasteiger partial charge on any atom is -0.364 e. The van der Waals surface area contributed by atoms with Gasteiger partial charge in [-0.15, -0.1) is 6.58 Å². The van der Waals surface area contributed by atoms with Crippen molar-refractivity contribution in [3.63, 3.8) is 0 Å². The Morgan fingerprint density at radius 1 is 1.19 bits per heavy atom. The van der Waals surface area contributed by atoms with Crippen LogP contribution in [-0.4, -0.2) is 35.7 Å².